The predicted octanol–water partition coefficient (Wildman–Crippen LogP) is 3.35. The average molecular weight is 258 g/mol. The number of rotatable bonds is 5. The molecule has 0 atom stereocenters. The number of nitrogens with zero attached hydrogens (tertiary/aromatic N) is 2. The first-order valence-electron chi connectivity index (χ1n) is 6.93. The van der Waals surface area contributed by atoms with Gasteiger partial charge in [0, 0.05) is 23.7 Å². The highest BCUT2D eigenvalue weighted by Gasteiger charge is 2.14. The molecule has 0 spiro atoms. The summed E-state index contributed by atoms with van der Waals surface area (Å²) in [5, 5.41) is 10.5. The Balaban J connectivity index is 2.61. The van der Waals surface area contributed by atoms with Gasteiger partial charge in [-0.05, 0) is 32.4 Å². The van der Waals surface area contributed by atoms with E-state index in [0.717, 1.165) is 29.6 Å². The third kappa shape index (κ3) is 2.87. The van der Waals surface area contributed by atoms with Crippen LogP contribution in [0.1, 0.15) is 32.9 Å². The summed E-state index contributed by atoms with van der Waals surface area (Å²) in [6.45, 7) is 7.57. The summed E-state index contributed by atoms with van der Waals surface area (Å²) in [6, 6.07) is 10.6. The van der Waals surface area contributed by atoms with Gasteiger partial charge < -0.3 is 10.0 Å². The Morgan fingerprint density at radius 3 is 2.63 bits per heavy atom. The lowest BCUT2D eigenvalue weighted by atomic mass is 10.1. The molecule has 2 rings (SSSR count). The smallest absolute Gasteiger partial charge is 0.0854 e. The summed E-state index contributed by atoms with van der Waals surface area (Å²) >= 11 is 0. The second-order valence-electron chi connectivity index (χ2n) is 5.10. The fraction of sp³-hybridized carbons (Fsp3) is 0.438. The highest BCUT2D eigenvalue weighted by Crippen LogP contribution is 2.28. The molecule has 0 radical (unpaired) electrons. The van der Waals surface area contributed by atoms with E-state index < -0.39 is 0 Å². The molecule has 1 aromatic carbocycles. The quantitative estimate of drug-likeness (QED) is 0.893. The standard InChI is InChI=1S/C16H22N2O/c1-4-9-18(12(2)3)16-10-13(11-19)17-15-8-6-5-7-14(15)16/h5-8,10,12,19H,4,9,11H2,1-3H3. The maximum atomic E-state index is 9.39. The fourth-order valence-electron chi connectivity index (χ4n) is 2.43. The van der Waals surface area contributed by atoms with Crippen molar-refractivity contribution in [2.45, 2.75) is 39.8 Å². The Bertz CT molecular complexity index is 551. The second kappa shape index (κ2) is 6.02. The number of hydrogen-bond donors (Lipinski definition) is 1. The third-order valence-electron chi connectivity index (χ3n) is 3.31. The number of aromatic nitrogens is 1. The van der Waals surface area contributed by atoms with Crippen molar-refractivity contribution >= 4 is 16.6 Å². The minimum absolute atomic E-state index is 0.0180. The van der Waals surface area contributed by atoms with Crippen LogP contribution >= 0.6 is 0 Å². The van der Waals surface area contributed by atoms with E-state index >= 15 is 0 Å². The van der Waals surface area contributed by atoms with Gasteiger partial charge >= 0.3 is 0 Å². The van der Waals surface area contributed by atoms with E-state index in [9.17, 15) is 5.11 Å². The van der Waals surface area contributed by atoms with Gasteiger partial charge in [-0.25, -0.2) is 0 Å². The monoisotopic (exact) mass is 258 g/mol. The first-order chi connectivity index (χ1) is 9.17. The van der Waals surface area contributed by atoms with Crippen molar-refractivity contribution in [2.24, 2.45) is 0 Å². The molecule has 1 heterocycles. The van der Waals surface area contributed by atoms with Crippen molar-refractivity contribution in [1.29, 1.82) is 0 Å². The number of fused-ring (bicyclic) bond motifs is 1. The van der Waals surface area contributed by atoms with Gasteiger partial charge in [-0.2, -0.15) is 0 Å². The Morgan fingerprint density at radius 1 is 1.26 bits per heavy atom. The second-order valence-corrected chi connectivity index (χ2v) is 5.10. The van der Waals surface area contributed by atoms with Crippen molar-refractivity contribution in [2.75, 3.05) is 11.4 Å². The van der Waals surface area contributed by atoms with Gasteiger partial charge in [-0.15, -0.1) is 0 Å². The number of benzene rings is 1. The molecule has 1 N–H and O–H groups in total. The van der Waals surface area contributed by atoms with E-state index in [1.165, 1.54) is 5.69 Å². The zero-order chi connectivity index (χ0) is 13.8. The largest absolute Gasteiger partial charge is 0.390 e. The molecule has 0 saturated carbocycles. The van der Waals surface area contributed by atoms with Gasteiger partial charge in [0.15, 0.2) is 0 Å². The molecule has 0 aliphatic rings. The van der Waals surface area contributed by atoms with Crippen LogP contribution in [0.5, 0.6) is 0 Å². The van der Waals surface area contributed by atoms with Crippen LogP contribution in [-0.4, -0.2) is 22.7 Å². The van der Waals surface area contributed by atoms with Crippen molar-refractivity contribution in [3.8, 4) is 0 Å². The molecule has 0 aliphatic heterocycles. The van der Waals surface area contributed by atoms with Crippen LogP contribution in [0.25, 0.3) is 10.9 Å². The molecule has 19 heavy (non-hydrogen) atoms. The molecule has 0 saturated heterocycles. The van der Waals surface area contributed by atoms with Gasteiger partial charge in [-0.1, -0.05) is 25.1 Å². The van der Waals surface area contributed by atoms with Gasteiger partial charge in [0.05, 0.1) is 17.8 Å². The number of anilines is 1. The number of pyridine rings is 1. The topological polar surface area (TPSA) is 36.4 Å². The molecule has 3 heteroatoms. The van der Waals surface area contributed by atoms with Crippen LogP contribution in [0.4, 0.5) is 5.69 Å². The Hall–Kier alpha value is -1.61. The van der Waals surface area contributed by atoms with Crippen LogP contribution in [0.3, 0.4) is 0 Å². The van der Waals surface area contributed by atoms with E-state index in [0.29, 0.717) is 6.04 Å². The molecule has 2 aromatic rings. The molecule has 0 fully saturated rings. The third-order valence-corrected chi connectivity index (χ3v) is 3.31. The molecule has 0 amide bonds. The highest BCUT2D eigenvalue weighted by molar-refractivity contribution is 5.92. The van der Waals surface area contributed by atoms with Gasteiger partial charge in [0.1, 0.15) is 0 Å². The van der Waals surface area contributed by atoms with Crippen molar-refractivity contribution in [3.05, 3.63) is 36.0 Å². The zero-order valence-electron chi connectivity index (χ0n) is 11.9. The van der Waals surface area contributed by atoms with Crippen molar-refractivity contribution in [3.63, 3.8) is 0 Å². The molecule has 1 aromatic heterocycles. The lowest BCUT2D eigenvalue weighted by molar-refractivity contribution is 0.277. The molecular formula is C16H22N2O. The van der Waals surface area contributed by atoms with Crippen LogP contribution in [0.2, 0.25) is 0 Å². The Morgan fingerprint density at radius 2 is 2.00 bits per heavy atom. The first kappa shape index (κ1) is 13.8. The highest BCUT2D eigenvalue weighted by atomic mass is 16.3. The van der Waals surface area contributed by atoms with E-state index in [2.05, 4.69) is 36.7 Å². The van der Waals surface area contributed by atoms with Crippen LogP contribution < -0.4 is 4.90 Å². The fourth-order valence-corrected chi connectivity index (χ4v) is 2.43. The molecule has 0 unspecified atom stereocenters. The summed E-state index contributed by atoms with van der Waals surface area (Å²) < 4.78 is 0. The molecule has 0 bridgehead atoms. The average Bonchev–Trinajstić information content (AvgIpc) is 2.43. The number of aliphatic hydroxyl groups excluding tert-OH is 1. The summed E-state index contributed by atoms with van der Waals surface area (Å²) in [7, 11) is 0. The molecule has 3 nitrogen and oxygen atoms in total. The first-order valence-corrected chi connectivity index (χ1v) is 6.93. The summed E-state index contributed by atoms with van der Waals surface area (Å²) in [5.41, 5.74) is 2.85. The molecule has 102 valence electrons. The van der Waals surface area contributed by atoms with Crippen LogP contribution in [0.15, 0.2) is 30.3 Å². The minimum atomic E-state index is -0.0180. The van der Waals surface area contributed by atoms with Gasteiger partial charge in [0.2, 0.25) is 0 Å². The Labute approximate surface area is 114 Å². The van der Waals surface area contributed by atoms with E-state index in [4.69, 9.17) is 0 Å². The minimum Gasteiger partial charge on any atom is -0.390 e. The molecule has 0 aliphatic carbocycles. The lowest BCUT2D eigenvalue weighted by Gasteiger charge is -2.30. The lowest BCUT2D eigenvalue weighted by Crippen LogP contribution is -2.31. The van der Waals surface area contributed by atoms with Crippen LogP contribution in [-0.2, 0) is 6.61 Å². The summed E-state index contributed by atoms with van der Waals surface area (Å²) in [6.07, 6.45) is 1.10. The summed E-state index contributed by atoms with van der Waals surface area (Å²) in [5.74, 6) is 0. The van der Waals surface area contributed by atoms with E-state index in [1.54, 1.807) is 0 Å². The van der Waals surface area contributed by atoms with Crippen LogP contribution in [0, 0.1) is 0 Å². The maximum absolute atomic E-state index is 9.39. The van der Waals surface area contributed by atoms with Gasteiger partial charge in [0.25, 0.3) is 0 Å². The van der Waals surface area contributed by atoms with Crippen molar-refractivity contribution in [1.82, 2.24) is 4.98 Å². The van der Waals surface area contributed by atoms with Gasteiger partial charge in [-0.3, -0.25) is 4.98 Å². The maximum Gasteiger partial charge on any atom is 0.0854 e. The summed E-state index contributed by atoms with van der Waals surface area (Å²) in [4.78, 5) is 6.86. The normalized spacial score (nSPS) is 11.2. The number of para-hydroxylation sites is 1. The van der Waals surface area contributed by atoms with E-state index in [-0.39, 0.29) is 6.61 Å². The number of hydrogen-bond acceptors (Lipinski definition) is 3. The van der Waals surface area contributed by atoms with Crippen molar-refractivity contribution < 1.29 is 5.11 Å². The zero-order valence-corrected chi connectivity index (χ0v) is 11.9. The Kier molecular flexibility index (Phi) is 4.38. The SMILES string of the molecule is CCCN(c1cc(CO)nc2ccccc12)C(C)C. The molecular weight excluding hydrogens is 236 g/mol. The number of aliphatic hydroxyl groups is 1. The predicted molar refractivity (Wildman–Crippen MR) is 80.4 cm³/mol. The van der Waals surface area contributed by atoms with E-state index in [1.807, 2.05) is 24.3 Å².